The van der Waals surface area contributed by atoms with Crippen LogP contribution in [0.1, 0.15) is 37.5 Å². The Bertz CT molecular complexity index is 693. The average molecular weight is 334 g/mol. The van der Waals surface area contributed by atoms with Gasteiger partial charge in [-0.15, -0.1) is 0 Å². The number of rotatable bonds is 4. The van der Waals surface area contributed by atoms with Gasteiger partial charge >= 0.3 is 5.69 Å². The quantitative estimate of drug-likeness (QED) is 0.509. The molecular weight excluding hydrogens is 312 g/mol. The molecule has 3 atom stereocenters. The SMILES string of the molecule is Cc1cn([C@@H]2CC(N=[N+]=[N-])[C@H](CO)O2)c(=O)nc1N1CCCCC1. The Morgan fingerprint density at radius 1 is 1.46 bits per heavy atom. The molecule has 2 fully saturated rings. The number of aromatic nitrogens is 2. The maximum absolute atomic E-state index is 12.5. The van der Waals surface area contributed by atoms with Gasteiger partial charge in [0.05, 0.1) is 18.8 Å². The number of nitrogens with zero attached hydrogens (tertiary/aromatic N) is 6. The molecule has 2 aliphatic rings. The zero-order valence-corrected chi connectivity index (χ0v) is 13.7. The molecule has 3 heterocycles. The molecule has 130 valence electrons. The van der Waals surface area contributed by atoms with Crippen LogP contribution < -0.4 is 10.6 Å². The molecule has 0 aromatic carbocycles. The molecule has 1 aromatic rings. The third-order valence-corrected chi connectivity index (χ3v) is 4.66. The van der Waals surface area contributed by atoms with Gasteiger partial charge in [0.2, 0.25) is 0 Å². The Hall–Kier alpha value is -2.09. The molecule has 0 radical (unpaired) electrons. The third-order valence-electron chi connectivity index (χ3n) is 4.66. The minimum absolute atomic E-state index is 0.257. The summed E-state index contributed by atoms with van der Waals surface area (Å²) in [5.41, 5.74) is 9.14. The molecule has 0 saturated carbocycles. The number of ether oxygens (including phenoxy) is 1. The first-order valence-corrected chi connectivity index (χ1v) is 8.29. The van der Waals surface area contributed by atoms with Crippen LogP contribution in [0.15, 0.2) is 16.1 Å². The van der Waals surface area contributed by atoms with E-state index in [4.69, 9.17) is 10.3 Å². The van der Waals surface area contributed by atoms with E-state index in [0.717, 1.165) is 37.3 Å². The maximum Gasteiger partial charge on any atom is 0.351 e. The van der Waals surface area contributed by atoms with Gasteiger partial charge in [0.1, 0.15) is 12.0 Å². The van der Waals surface area contributed by atoms with Crippen molar-refractivity contribution in [1.29, 1.82) is 0 Å². The summed E-state index contributed by atoms with van der Waals surface area (Å²) in [6, 6.07) is -0.487. The van der Waals surface area contributed by atoms with Crippen molar-refractivity contribution in [1.82, 2.24) is 9.55 Å². The van der Waals surface area contributed by atoms with Crippen molar-refractivity contribution < 1.29 is 9.84 Å². The Kier molecular flexibility index (Phi) is 5.03. The van der Waals surface area contributed by atoms with Gasteiger partial charge in [0.25, 0.3) is 0 Å². The van der Waals surface area contributed by atoms with E-state index in [9.17, 15) is 9.90 Å². The molecule has 9 heteroatoms. The Balaban J connectivity index is 1.86. The second-order valence-corrected chi connectivity index (χ2v) is 6.30. The summed E-state index contributed by atoms with van der Waals surface area (Å²) in [6.45, 7) is 3.51. The van der Waals surface area contributed by atoms with Crippen LogP contribution in [0.5, 0.6) is 0 Å². The van der Waals surface area contributed by atoms with E-state index in [1.807, 2.05) is 6.92 Å². The summed E-state index contributed by atoms with van der Waals surface area (Å²) in [5, 5.41) is 13.0. The molecule has 9 nitrogen and oxygen atoms in total. The summed E-state index contributed by atoms with van der Waals surface area (Å²) in [7, 11) is 0. The van der Waals surface area contributed by atoms with Crippen LogP contribution in [0, 0.1) is 6.92 Å². The minimum Gasteiger partial charge on any atom is -0.394 e. The van der Waals surface area contributed by atoms with Gasteiger partial charge in [-0.3, -0.25) is 4.57 Å². The second-order valence-electron chi connectivity index (χ2n) is 6.30. The van der Waals surface area contributed by atoms with Crippen molar-refractivity contribution >= 4 is 5.82 Å². The molecule has 1 aromatic heterocycles. The van der Waals surface area contributed by atoms with Gasteiger partial charge in [-0.1, -0.05) is 5.11 Å². The van der Waals surface area contributed by atoms with Gasteiger partial charge < -0.3 is 14.7 Å². The second kappa shape index (κ2) is 7.21. The predicted octanol–water partition coefficient (Wildman–Crippen LogP) is 1.50. The van der Waals surface area contributed by atoms with Crippen LogP contribution >= 0.6 is 0 Å². The number of aliphatic hydroxyl groups excluding tert-OH is 1. The van der Waals surface area contributed by atoms with Crippen LogP contribution in [0.4, 0.5) is 5.82 Å². The van der Waals surface area contributed by atoms with Crippen molar-refractivity contribution in [3.8, 4) is 0 Å². The van der Waals surface area contributed by atoms with Crippen molar-refractivity contribution in [2.24, 2.45) is 5.11 Å². The lowest BCUT2D eigenvalue weighted by molar-refractivity contribution is -0.0270. The van der Waals surface area contributed by atoms with E-state index in [1.54, 1.807) is 6.20 Å². The average Bonchev–Trinajstić information content (AvgIpc) is 3.00. The molecule has 0 bridgehead atoms. The minimum atomic E-state index is -0.597. The number of piperidine rings is 1. The number of hydrogen-bond donors (Lipinski definition) is 1. The molecule has 0 amide bonds. The van der Waals surface area contributed by atoms with Crippen molar-refractivity contribution in [3.05, 3.63) is 32.7 Å². The van der Waals surface area contributed by atoms with Gasteiger partial charge in [-0.25, -0.2) is 4.79 Å². The predicted molar refractivity (Wildman–Crippen MR) is 87.8 cm³/mol. The molecule has 0 aliphatic carbocycles. The Morgan fingerprint density at radius 2 is 2.21 bits per heavy atom. The van der Waals surface area contributed by atoms with E-state index in [-0.39, 0.29) is 12.3 Å². The van der Waals surface area contributed by atoms with Gasteiger partial charge in [0, 0.05) is 36.2 Å². The van der Waals surface area contributed by atoms with Crippen molar-refractivity contribution in [3.63, 3.8) is 0 Å². The monoisotopic (exact) mass is 334 g/mol. The maximum atomic E-state index is 12.5. The standard InChI is InChI=1S/C15H22N6O3/c1-10-8-21(13-7-11(18-19-16)12(9-22)24-13)15(23)17-14(10)20-5-3-2-4-6-20/h8,11-13,22H,2-7,9H2,1H3/t11?,12-,13-/m0/s1. The molecule has 1 unspecified atom stereocenters. The highest BCUT2D eigenvalue weighted by Gasteiger charge is 2.36. The fourth-order valence-electron chi connectivity index (χ4n) is 3.43. The molecule has 1 N–H and O–H groups in total. The van der Waals surface area contributed by atoms with Crippen LogP contribution in [0.3, 0.4) is 0 Å². The van der Waals surface area contributed by atoms with Crippen LogP contribution in [0.2, 0.25) is 0 Å². The lowest BCUT2D eigenvalue weighted by Gasteiger charge is -2.29. The van der Waals surface area contributed by atoms with E-state index >= 15 is 0 Å². The summed E-state index contributed by atoms with van der Waals surface area (Å²) in [4.78, 5) is 21.6. The Labute approximate surface area is 139 Å². The van der Waals surface area contributed by atoms with Crippen molar-refractivity contribution in [2.45, 2.75) is 51.0 Å². The lowest BCUT2D eigenvalue weighted by Crippen LogP contribution is -2.35. The summed E-state index contributed by atoms with van der Waals surface area (Å²) < 4.78 is 7.11. The zero-order chi connectivity index (χ0) is 17.1. The summed E-state index contributed by atoms with van der Waals surface area (Å²) in [6.07, 6.45) is 4.36. The first-order chi connectivity index (χ1) is 11.6. The topological polar surface area (TPSA) is 116 Å². The normalized spacial score (nSPS) is 27.1. The lowest BCUT2D eigenvalue weighted by atomic mass is 10.1. The van der Waals surface area contributed by atoms with E-state index in [0.29, 0.717) is 6.42 Å². The van der Waals surface area contributed by atoms with E-state index < -0.39 is 18.4 Å². The van der Waals surface area contributed by atoms with Crippen LogP contribution in [-0.2, 0) is 4.74 Å². The zero-order valence-electron chi connectivity index (χ0n) is 13.7. The van der Waals surface area contributed by atoms with Gasteiger partial charge in [-0.05, 0) is 31.7 Å². The number of hydrogen-bond acceptors (Lipinski definition) is 6. The smallest absolute Gasteiger partial charge is 0.351 e. The summed E-state index contributed by atoms with van der Waals surface area (Å²) in [5.74, 6) is 0.735. The van der Waals surface area contributed by atoms with Gasteiger partial charge in [-0.2, -0.15) is 4.98 Å². The third kappa shape index (κ3) is 3.24. The first kappa shape index (κ1) is 16.8. The molecule has 2 aliphatic heterocycles. The number of azide groups is 1. The molecule has 0 spiro atoms. The highest BCUT2D eigenvalue weighted by atomic mass is 16.5. The highest BCUT2D eigenvalue weighted by molar-refractivity contribution is 5.45. The van der Waals surface area contributed by atoms with Crippen LogP contribution in [0.25, 0.3) is 10.4 Å². The fraction of sp³-hybridized carbons (Fsp3) is 0.733. The van der Waals surface area contributed by atoms with E-state index in [1.165, 1.54) is 11.0 Å². The fourth-order valence-corrected chi connectivity index (χ4v) is 3.43. The molecule has 24 heavy (non-hydrogen) atoms. The number of aryl methyl sites for hydroxylation is 1. The number of aliphatic hydroxyl groups is 1. The van der Waals surface area contributed by atoms with Gasteiger partial charge in [0.15, 0.2) is 0 Å². The molecule has 3 rings (SSSR count). The van der Waals surface area contributed by atoms with E-state index in [2.05, 4.69) is 19.9 Å². The molecule has 2 saturated heterocycles. The van der Waals surface area contributed by atoms with Crippen LogP contribution in [-0.4, -0.2) is 46.5 Å². The first-order valence-electron chi connectivity index (χ1n) is 8.29. The summed E-state index contributed by atoms with van der Waals surface area (Å²) >= 11 is 0. The van der Waals surface area contributed by atoms with Crippen molar-refractivity contribution in [2.75, 3.05) is 24.6 Å². The molecular formula is C15H22N6O3. The number of anilines is 1. The highest BCUT2D eigenvalue weighted by Crippen LogP contribution is 2.30. The Morgan fingerprint density at radius 3 is 2.88 bits per heavy atom. The largest absolute Gasteiger partial charge is 0.394 e.